The van der Waals surface area contributed by atoms with Gasteiger partial charge in [-0.1, -0.05) is 26.2 Å². The molecule has 0 bridgehead atoms. The van der Waals surface area contributed by atoms with Gasteiger partial charge in [0.25, 0.3) is 0 Å². The number of rotatable bonds is 7. The number of hydrogen-bond acceptors (Lipinski definition) is 3. The molecule has 0 unspecified atom stereocenters. The topological polar surface area (TPSA) is 47.3 Å². The summed E-state index contributed by atoms with van der Waals surface area (Å²) in [6.45, 7) is 2.36. The van der Waals surface area contributed by atoms with Gasteiger partial charge in [0.15, 0.2) is 0 Å². The Balaban J connectivity index is 2.71. The van der Waals surface area contributed by atoms with E-state index in [-0.39, 0.29) is 11.4 Å². The second-order valence-corrected chi connectivity index (χ2v) is 4.26. The summed E-state index contributed by atoms with van der Waals surface area (Å²) in [6.07, 6.45) is -0.607. The maximum Gasteiger partial charge on any atom is 0.420 e. The Labute approximate surface area is 110 Å². The average molecular weight is 276 g/mol. The van der Waals surface area contributed by atoms with Gasteiger partial charge in [-0.05, 0) is 24.6 Å². The van der Waals surface area contributed by atoms with Crippen molar-refractivity contribution in [1.29, 1.82) is 0 Å². The summed E-state index contributed by atoms with van der Waals surface area (Å²) >= 11 is 0. The van der Waals surface area contributed by atoms with E-state index in [1.807, 2.05) is 0 Å². The van der Waals surface area contributed by atoms with Gasteiger partial charge in [0, 0.05) is 5.69 Å². The van der Waals surface area contributed by atoms with Crippen LogP contribution in [0.2, 0.25) is 0 Å². The molecule has 3 N–H and O–H groups in total. The molecule has 6 heteroatoms. The number of alkyl halides is 3. The van der Waals surface area contributed by atoms with Gasteiger partial charge in [0.2, 0.25) is 0 Å². The first-order valence-corrected chi connectivity index (χ1v) is 6.29. The van der Waals surface area contributed by atoms with Crippen molar-refractivity contribution in [2.24, 2.45) is 5.84 Å². The van der Waals surface area contributed by atoms with Crippen LogP contribution in [0, 0.1) is 0 Å². The van der Waals surface area contributed by atoms with Crippen LogP contribution in [0.25, 0.3) is 0 Å². The van der Waals surface area contributed by atoms with Gasteiger partial charge in [0.1, 0.15) is 5.75 Å². The lowest BCUT2D eigenvalue weighted by molar-refractivity contribution is -0.138. The van der Waals surface area contributed by atoms with Gasteiger partial charge in [-0.15, -0.1) is 0 Å². The number of halogens is 3. The number of nitrogens with two attached hydrogens (primary N) is 1. The summed E-state index contributed by atoms with van der Waals surface area (Å²) in [5.74, 6) is 4.96. The van der Waals surface area contributed by atoms with Gasteiger partial charge >= 0.3 is 6.18 Å². The second kappa shape index (κ2) is 7.23. The molecule has 1 aromatic carbocycles. The van der Waals surface area contributed by atoms with Crippen molar-refractivity contribution in [1.82, 2.24) is 0 Å². The smallest absolute Gasteiger partial charge is 0.420 e. The lowest BCUT2D eigenvalue weighted by atomic mass is 10.1. The number of ether oxygens (including phenoxy) is 1. The molecule has 0 fully saturated rings. The van der Waals surface area contributed by atoms with Crippen LogP contribution < -0.4 is 16.0 Å². The number of benzene rings is 1. The molecule has 0 spiro atoms. The SMILES string of the molecule is CCCCCCOc1ccc(NN)cc1C(F)(F)F. The summed E-state index contributed by atoms with van der Waals surface area (Å²) in [4.78, 5) is 0. The van der Waals surface area contributed by atoms with E-state index in [0.29, 0.717) is 6.61 Å². The highest BCUT2D eigenvalue weighted by molar-refractivity contribution is 5.51. The number of unbranched alkanes of at least 4 members (excludes halogenated alkanes) is 3. The molecule has 1 aromatic rings. The van der Waals surface area contributed by atoms with Crippen molar-refractivity contribution in [3.8, 4) is 5.75 Å². The zero-order valence-corrected chi connectivity index (χ0v) is 10.9. The quantitative estimate of drug-likeness (QED) is 0.450. The third-order valence-corrected chi connectivity index (χ3v) is 2.71. The van der Waals surface area contributed by atoms with Crippen molar-refractivity contribution >= 4 is 5.69 Å². The molecule has 0 saturated carbocycles. The van der Waals surface area contributed by atoms with E-state index in [2.05, 4.69) is 12.3 Å². The Morgan fingerprint density at radius 2 is 1.95 bits per heavy atom. The molecule has 19 heavy (non-hydrogen) atoms. The number of nitrogens with one attached hydrogen (secondary N) is 1. The van der Waals surface area contributed by atoms with E-state index in [0.717, 1.165) is 31.7 Å². The maximum atomic E-state index is 12.8. The van der Waals surface area contributed by atoms with E-state index in [1.165, 1.54) is 12.1 Å². The summed E-state index contributed by atoms with van der Waals surface area (Å²) in [5, 5.41) is 0. The number of hydrazine groups is 1. The third-order valence-electron chi connectivity index (χ3n) is 2.71. The molecule has 0 amide bonds. The maximum absolute atomic E-state index is 12.8. The molecule has 108 valence electrons. The van der Waals surface area contributed by atoms with Crippen molar-refractivity contribution in [3.05, 3.63) is 23.8 Å². The Hall–Kier alpha value is -1.43. The molecule has 0 aromatic heterocycles. The molecule has 0 atom stereocenters. The standard InChI is InChI=1S/C13H19F3N2O/c1-2-3-4-5-8-19-12-7-6-10(18-17)9-11(12)13(14,15)16/h6-7,9,18H,2-5,8,17H2,1H3. The molecular weight excluding hydrogens is 257 g/mol. The van der Waals surface area contributed by atoms with Crippen LogP contribution in [-0.4, -0.2) is 6.61 Å². The van der Waals surface area contributed by atoms with Crippen molar-refractivity contribution in [2.75, 3.05) is 12.0 Å². The Morgan fingerprint density at radius 1 is 1.21 bits per heavy atom. The van der Waals surface area contributed by atoms with Crippen molar-refractivity contribution in [3.63, 3.8) is 0 Å². The molecule has 0 aliphatic heterocycles. The number of nitrogen functional groups attached to an aromatic ring is 1. The summed E-state index contributed by atoms with van der Waals surface area (Å²) in [6, 6.07) is 3.69. The predicted octanol–water partition coefficient (Wildman–Crippen LogP) is 3.95. The van der Waals surface area contributed by atoms with E-state index in [1.54, 1.807) is 0 Å². The molecule has 0 saturated heterocycles. The monoisotopic (exact) mass is 276 g/mol. The zero-order chi connectivity index (χ0) is 14.3. The highest BCUT2D eigenvalue weighted by Gasteiger charge is 2.34. The number of anilines is 1. The van der Waals surface area contributed by atoms with Crippen LogP contribution in [0.4, 0.5) is 18.9 Å². The van der Waals surface area contributed by atoms with E-state index >= 15 is 0 Å². The third kappa shape index (κ3) is 4.98. The van der Waals surface area contributed by atoms with Crippen LogP contribution in [0.5, 0.6) is 5.75 Å². The lowest BCUT2D eigenvalue weighted by Gasteiger charge is -2.15. The molecule has 1 rings (SSSR count). The van der Waals surface area contributed by atoms with Gasteiger partial charge in [-0.2, -0.15) is 13.2 Å². The Bertz CT molecular complexity index is 394. The second-order valence-electron chi connectivity index (χ2n) is 4.26. The summed E-state index contributed by atoms with van der Waals surface area (Å²) in [7, 11) is 0. The molecule has 0 aliphatic carbocycles. The minimum absolute atomic E-state index is 0.150. The fraction of sp³-hybridized carbons (Fsp3) is 0.538. The minimum Gasteiger partial charge on any atom is -0.493 e. The Morgan fingerprint density at radius 3 is 2.53 bits per heavy atom. The predicted molar refractivity (Wildman–Crippen MR) is 68.9 cm³/mol. The highest BCUT2D eigenvalue weighted by Crippen LogP contribution is 2.37. The minimum atomic E-state index is -4.45. The van der Waals surface area contributed by atoms with Crippen LogP contribution >= 0.6 is 0 Å². The summed E-state index contributed by atoms with van der Waals surface area (Å²) < 4.78 is 43.8. The molecule has 3 nitrogen and oxygen atoms in total. The van der Waals surface area contributed by atoms with Crippen LogP contribution in [0.1, 0.15) is 38.2 Å². The van der Waals surface area contributed by atoms with E-state index in [4.69, 9.17) is 10.6 Å². The van der Waals surface area contributed by atoms with Crippen molar-refractivity contribution in [2.45, 2.75) is 38.8 Å². The van der Waals surface area contributed by atoms with Gasteiger partial charge in [0.05, 0.1) is 12.2 Å². The lowest BCUT2D eigenvalue weighted by Crippen LogP contribution is -2.12. The first-order chi connectivity index (χ1) is 8.99. The molecule has 0 aliphatic rings. The summed E-state index contributed by atoms with van der Waals surface area (Å²) in [5.41, 5.74) is 1.59. The van der Waals surface area contributed by atoms with Crippen LogP contribution in [-0.2, 0) is 6.18 Å². The fourth-order valence-corrected chi connectivity index (χ4v) is 1.68. The average Bonchev–Trinajstić information content (AvgIpc) is 2.37. The largest absolute Gasteiger partial charge is 0.493 e. The van der Waals surface area contributed by atoms with E-state index < -0.39 is 11.7 Å². The fourth-order valence-electron chi connectivity index (χ4n) is 1.68. The van der Waals surface area contributed by atoms with Gasteiger partial charge in [-0.25, -0.2) is 0 Å². The zero-order valence-electron chi connectivity index (χ0n) is 10.9. The highest BCUT2D eigenvalue weighted by atomic mass is 19.4. The molecule has 0 radical (unpaired) electrons. The first-order valence-electron chi connectivity index (χ1n) is 6.29. The van der Waals surface area contributed by atoms with Crippen LogP contribution in [0.15, 0.2) is 18.2 Å². The van der Waals surface area contributed by atoms with Crippen LogP contribution in [0.3, 0.4) is 0 Å². The van der Waals surface area contributed by atoms with Gasteiger partial charge < -0.3 is 10.2 Å². The molecular formula is C13H19F3N2O. The van der Waals surface area contributed by atoms with Crippen molar-refractivity contribution < 1.29 is 17.9 Å². The molecule has 0 heterocycles. The van der Waals surface area contributed by atoms with E-state index in [9.17, 15) is 13.2 Å². The normalized spacial score (nSPS) is 11.4. The van der Waals surface area contributed by atoms with Gasteiger partial charge in [-0.3, -0.25) is 5.84 Å². The Kier molecular flexibility index (Phi) is 5.95. The number of hydrogen-bond donors (Lipinski definition) is 2. The first kappa shape index (κ1) is 15.6.